The highest BCUT2D eigenvalue weighted by atomic mass is 16.2. The van der Waals surface area contributed by atoms with Crippen LogP contribution in [0.3, 0.4) is 0 Å². The van der Waals surface area contributed by atoms with Crippen LogP contribution in [0.25, 0.3) is 0 Å². The summed E-state index contributed by atoms with van der Waals surface area (Å²) in [6, 6.07) is 0. The first-order valence-electron chi connectivity index (χ1n) is 7.37. The lowest BCUT2D eigenvalue weighted by Gasteiger charge is -2.34. The van der Waals surface area contributed by atoms with Crippen LogP contribution in [-0.4, -0.2) is 56.9 Å². The van der Waals surface area contributed by atoms with Crippen molar-refractivity contribution in [3.63, 3.8) is 0 Å². The quantitative estimate of drug-likeness (QED) is 0.884. The van der Waals surface area contributed by atoms with Gasteiger partial charge in [0.05, 0.1) is 6.54 Å². The highest BCUT2D eigenvalue weighted by Gasteiger charge is 2.29. The fourth-order valence-corrected chi connectivity index (χ4v) is 2.63. The first-order valence-corrected chi connectivity index (χ1v) is 7.37. The monoisotopic (exact) mass is 293 g/mol. The van der Waals surface area contributed by atoms with Gasteiger partial charge >= 0.3 is 0 Å². The van der Waals surface area contributed by atoms with E-state index in [1.807, 2.05) is 18.7 Å². The summed E-state index contributed by atoms with van der Waals surface area (Å²) in [5, 5.41) is 6.53. The number of carbonyl (C=O) groups excluding carboxylic acids is 2. The molecule has 0 unspecified atom stereocenters. The lowest BCUT2D eigenvalue weighted by molar-refractivity contribution is -0.141. The number of hydrogen-bond acceptors (Lipinski definition) is 4. The lowest BCUT2D eigenvalue weighted by Crippen LogP contribution is -2.44. The topological polar surface area (TPSA) is 82.2 Å². The van der Waals surface area contributed by atoms with Gasteiger partial charge in [-0.1, -0.05) is 13.8 Å². The maximum atomic E-state index is 12.4. The number of hydrogen-bond donors (Lipinski definition) is 1. The number of H-pyrrole nitrogens is 1. The molecule has 1 N–H and O–H groups in total. The summed E-state index contributed by atoms with van der Waals surface area (Å²) in [4.78, 5) is 31.9. The van der Waals surface area contributed by atoms with Crippen LogP contribution in [-0.2, 0) is 16.1 Å². The minimum Gasteiger partial charge on any atom is -0.342 e. The summed E-state index contributed by atoms with van der Waals surface area (Å²) < 4.78 is 0. The molecule has 2 amide bonds. The molecule has 7 nitrogen and oxygen atoms in total. The van der Waals surface area contributed by atoms with Crippen molar-refractivity contribution in [2.45, 2.75) is 33.2 Å². The maximum Gasteiger partial charge on any atom is 0.225 e. The molecule has 0 saturated carbocycles. The maximum absolute atomic E-state index is 12.4. The van der Waals surface area contributed by atoms with Crippen LogP contribution in [0.4, 0.5) is 0 Å². The van der Waals surface area contributed by atoms with Gasteiger partial charge in [0, 0.05) is 32.0 Å². The third-order valence-electron chi connectivity index (χ3n) is 3.88. The van der Waals surface area contributed by atoms with E-state index in [4.69, 9.17) is 0 Å². The van der Waals surface area contributed by atoms with Crippen molar-refractivity contribution < 1.29 is 9.59 Å². The molecule has 1 fully saturated rings. The molecule has 2 rings (SSSR count). The Hall–Kier alpha value is -1.92. The number of aromatic nitrogens is 3. The largest absolute Gasteiger partial charge is 0.342 e. The van der Waals surface area contributed by atoms with E-state index in [1.165, 1.54) is 6.33 Å². The highest BCUT2D eigenvalue weighted by molar-refractivity contribution is 5.80. The van der Waals surface area contributed by atoms with Crippen LogP contribution in [0.1, 0.15) is 32.5 Å². The van der Waals surface area contributed by atoms with Gasteiger partial charge in [-0.15, -0.1) is 0 Å². The number of rotatable bonds is 4. The van der Waals surface area contributed by atoms with E-state index in [0.717, 1.165) is 12.8 Å². The normalized spacial score (nSPS) is 16.3. The molecule has 116 valence electrons. The van der Waals surface area contributed by atoms with Crippen molar-refractivity contribution in [2.24, 2.45) is 11.8 Å². The molecule has 0 radical (unpaired) electrons. The first-order chi connectivity index (χ1) is 9.99. The Morgan fingerprint density at radius 3 is 2.62 bits per heavy atom. The molecule has 1 saturated heterocycles. The molecule has 0 aliphatic carbocycles. The summed E-state index contributed by atoms with van der Waals surface area (Å²) in [5.41, 5.74) is 0. The minimum atomic E-state index is -0.00543. The Kier molecular flexibility index (Phi) is 4.93. The predicted octanol–water partition coefficient (Wildman–Crippen LogP) is 0.658. The number of nitrogens with zero attached hydrogens (tertiary/aromatic N) is 4. The second-order valence-electron chi connectivity index (χ2n) is 5.88. The fraction of sp³-hybridized carbons (Fsp3) is 0.714. The van der Waals surface area contributed by atoms with E-state index in [-0.39, 0.29) is 23.7 Å². The molecular weight excluding hydrogens is 270 g/mol. The standard InChI is InChI=1S/C14H23N5O2/c1-10(2)13(20)19-6-4-11(5-7-19)14(21)18(3)8-12-15-9-16-17-12/h9-11H,4-8H2,1-3H3,(H,15,16,17). The lowest BCUT2D eigenvalue weighted by atomic mass is 9.94. The average Bonchev–Trinajstić information content (AvgIpc) is 2.98. The Morgan fingerprint density at radius 1 is 1.43 bits per heavy atom. The van der Waals surface area contributed by atoms with Gasteiger partial charge in [-0.3, -0.25) is 14.7 Å². The molecule has 0 atom stereocenters. The molecule has 0 bridgehead atoms. The fourth-order valence-electron chi connectivity index (χ4n) is 2.63. The van der Waals surface area contributed by atoms with Gasteiger partial charge in [0.1, 0.15) is 12.2 Å². The Labute approximate surface area is 124 Å². The number of carbonyl (C=O) groups is 2. The highest BCUT2D eigenvalue weighted by Crippen LogP contribution is 2.21. The van der Waals surface area contributed by atoms with Gasteiger partial charge in [0.25, 0.3) is 0 Å². The zero-order valence-electron chi connectivity index (χ0n) is 12.9. The van der Waals surface area contributed by atoms with Crippen molar-refractivity contribution >= 4 is 11.8 Å². The van der Waals surface area contributed by atoms with Crippen LogP contribution in [0.15, 0.2) is 6.33 Å². The van der Waals surface area contributed by atoms with Crippen molar-refractivity contribution in [1.82, 2.24) is 25.0 Å². The van der Waals surface area contributed by atoms with E-state index in [2.05, 4.69) is 15.2 Å². The van der Waals surface area contributed by atoms with Crippen LogP contribution < -0.4 is 0 Å². The molecule has 0 spiro atoms. The number of nitrogens with one attached hydrogen (secondary N) is 1. The van der Waals surface area contributed by atoms with E-state index in [0.29, 0.717) is 25.5 Å². The van der Waals surface area contributed by atoms with Crippen LogP contribution in [0.2, 0.25) is 0 Å². The van der Waals surface area contributed by atoms with Gasteiger partial charge in [0.2, 0.25) is 11.8 Å². The van der Waals surface area contributed by atoms with E-state index < -0.39 is 0 Å². The first kappa shape index (κ1) is 15.5. The van der Waals surface area contributed by atoms with Crippen LogP contribution >= 0.6 is 0 Å². The number of aromatic amines is 1. The van der Waals surface area contributed by atoms with Crippen LogP contribution in [0, 0.1) is 11.8 Å². The second kappa shape index (κ2) is 6.69. The van der Waals surface area contributed by atoms with E-state index in [9.17, 15) is 9.59 Å². The molecule has 0 aromatic carbocycles. The Morgan fingerprint density at radius 2 is 2.10 bits per heavy atom. The molecule has 1 aromatic rings. The minimum absolute atomic E-state index is 0.00543. The van der Waals surface area contributed by atoms with Crippen molar-refractivity contribution in [3.8, 4) is 0 Å². The van der Waals surface area contributed by atoms with E-state index in [1.54, 1.807) is 11.9 Å². The average molecular weight is 293 g/mol. The van der Waals surface area contributed by atoms with Crippen LogP contribution in [0.5, 0.6) is 0 Å². The summed E-state index contributed by atoms with van der Waals surface area (Å²) in [5.74, 6) is 0.984. The molecule has 1 aliphatic rings. The number of piperidine rings is 1. The summed E-state index contributed by atoms with van der Waals surface area (Å²) >= 11 is 0. The molecule has 7 heteroatoms. The predicted molar refractivity (Wildman–Crippen MR) is 77.0 cm³/mol. The molecule has 1 aromatic heterocycles. The Balaban J connectivity index is 1.84. The number of amides is 2. The van der Waals surface area contributed by atoms with Crippen molar-refractivity contribution in [1.29, 1.82) is 0 Å². The van der Waals surface area contributed by atoms with Gasteiger partial charge in [0.15, 0.2) is 0 Å². The summed E-state index contributed by atoms with van der Waals surface area (Å²) in [6.07, 6.45) is 2.90. The number of likely N-dealkylation sites (tertiary alicyclic amines) is 1. The van der Waals surface area contributed by atoms with E-state index >= 15 is 0 Å². The van der Waals surface area contributed by atoms with Crippen molar-refractivity contribution in [2.75, 3.05) is 20.1 Å². The smallest absolute Gasteiger partial charge is 0.225 e. The van der Waals surface area contributed by atoms with Gasteiger partial charge in [-0.25, -0.2) is 4.98 Å². The third kappa shape index (κ3) is 3.80. The zero-order chi connectivity index (χ0) is 15.4. The molecule has 21 heavy (non-hydrogen) atoms. The molecule has 2 heterocycles. The molecule has 1 aliphatic heterocycles. The van der Waals surface area contributed by atoms with Gasteiger partial charge < -0.3 is 9.80 Å². The van der Waals surface area contributed by atoms with Gasteiger partial charge in [-0.2, -0.15) is 5.10 Å². The zero-order valence-corrected chi connectivity index (χ0v) is 12.9. The SMILES string of the molecule is CC(C)C(=O)N1CCC(C(=O)N(C)Cc2ncn[nH]2)CC1. The van der Waals surface area contributed by atoms with Gasteiger partial charge in [-0.05, 0) is 12.8 Å². The Bertz CT molecular complexity index is 478. The summed E-state index contributed by atoms with van der Waals surface area (Å²) in [6.45, 7) is 5.59. The summed E-state index contributed by atoms with van der Waals surface area (Å²) in [7, 11) is 1.77. The van der Waals surface area contributed by atoms with Crippen molar-refractivity contribution in [3.05, 3.63) is 12.2 Å². The molecular formula is C14H23N5O2. The third-order valence-corrected chi connectivity index (χ3v) is 3.88. The second-order valence-corrected chi connectivity index (χ2v) is 5.88.